The van der Waals surface area contributed by atoms with Crippen LogP contribution in [0.1, 0.15) is 23.3 Å². The summed E-state index contributed by atoms with van der Waals surface area (Å²) in [4.78, 5) is 33.5. The summed E-state index contributed by atoms with van der Waals surface area (Å²) < 4.78 is 1.09. The number of carboxylic acids is 1. The lowest BCUT2D eigenvalue weighted by Crippen LogP contribution is -2.33. The van der Waals surface area contributed by atoms with Gasteiger partial charge in [-0.15, -0.1) is 0 Å². The van der Waals surface area contributed by atoms with Crippen LogP contribution in [0.2, 0.25) is 0 Å². The van der Waals surface area contributed by atoms with E-state index in [1.54, 1.807) is 0 Å². The largest absolute Gasteiger partial charge is 0.478 e. The molecule has 1 unspecified atom stereocenters. The maximum Gasteiger partial charge on any atom is 0.337 e. The molecule has 1 heterocycles. The van der Waals surface area contributed by atoms with E-state index in [9.17, 15) is 14.4 Å². The molecule has 1 amide bonds. The van der Waals surface area contributed by atoms with E-state index in [1.165, 1.54) is 20.0 Å². The standard InChI is InChI=1S/C10H12N2O4/c1-6(9(14)11-2)12-5-7(10(15)16)3-4-8(12)13/h3-6H,1-2H3,(H,11,14)(H,15,16). The number of nitrogens with zero attached hydrogens (tertiary/aromatic N) is 1. The van der Waals surface area contributed by atoms with Crippen molar-refractivity contribution in [1.82, 2.24) is 9.88 Å². The highest BCUT2D eigenvalue weighted by Gasteiger charge is 2.15. The Morgan fingerprint density at radius 1 is 1.44 bits per heavy atom. The normalized spacial score (nSPS) is 11.9. The monoisotopic (exact) mass is 224 g/mol. The Balaban J connectivity index is 3.22. The van der Waals surface area contributed by atoms with Crippen molar-refractivity contribution in [2.45, 2.75) is 13.0 Å². The van der Waals surface area contributed by atoms with Crippen LogP contribution in [0.3, 0.4) is 0 Å². The molecule has 0 fully saturated rings. The summed E-state index contributed by atoms with van der Waals surface area (Å²) >= 11 is 0. The molecule has 6 heteroatoms. The molecule has 0 bridgehead atoms. The van der Waals surface area contributed by atoms with E-state index in [0.717, 1.165) is 16.8 Å². The highest BCUT2D eigenvalue weighted by molar-refractivity contribution is 5.87. The first-order valence-electron chi connectivity index (χ1n) is 4.64. The Morgan fingerprint density at radius 3 is 2.56 bits per heavy atom. The van der Waals surface area contributed by atoms with Crippen molar-refractivity contribution in [1.29, 1.82) is 0 Å². The number of rotatable bonds is 3. The zero-order valence-corrected chi connectivity index (χ0v) is 8.93. The lowest BCUT2D eigenvalue weighted by atomic mass is 10.2. The lowest BCUT2D eigenvalue weighted by molar-refractivity contribution is -0.123. The minimum Gasteiger partial charge on any atom is -0.478 e. The number of aromatic carboxylic acids is 1. The molecule has 16 heavy (non-hydrogen) atoms. The number of likely N-dealkylation sites (N-methyl/N-ethyl adjacent to an activating group) is 1. The van der Waals surface area contributed by atoms with E-state index in [4.69, 9.17) is 5.11 Å². The predicted octanol–water partition coefficient (Wildman–Crippen LogP) is -0.147. The van der Waals surface area contributed by atoms with Crippen LogP contribution < -0.4 is 10.9 Å². The van der Waals surface area contributed by atoms with Crippen molar-refractivity contribution in [3.05, 3.63) is 34.2 Å². The van der Waals surface area contributed by atoms with E-state index >= 15 is 0 Å². The Labute approximate surface area is 91.5 Å². The highest BCUT2D eigenvalue weighted by atomic mass is 16.4. The van der Waals surface area contributed by atoms with Crippen LogP contribution >= 0.6 is 0 Å². The molecule has 0 radical (unpaired) electrons. The summed E-state index contributed by atoms with van der Waals surface area (Å²) in [6.45, 7) is 1.52. The minimum absolute atomic E-state index is 0.0321. The SMILES string of the molecule is CNC(=O)C(C)n1cc(C(=O)O)ccc1=O. The molecule has 0 spiro atoms. The van der Waals surface area contributed by atoms with Crippen LogP contribution in [0.4, 0.5) is 0 Å². The summed E-state index contributed by atoms with van der Waals surface area (Å²) in [5.41, 5.74) is -0.448. The summed E-state index contributed by atoms with van der Waals surface area (Å²) in [5.74, 6) is -1.50. The second kappa shape index (κ2) is 4.61. The van der Waals surface area contributed by atoms with Crippen molar-refractivity contribution in [2.75, 3.05) is 7.05 Å². The molecule has 2 N–H and O–H groups in total. The molecule has 0 aliphatic heterocycles. The maximum absolute atomic E-state index is 11.4. The first-order valence-corrected chi connectivity index (χ1v) is 4.64. The van der Waals surface area contributed by atoms with Gasteiger partial charge >= 0.3 is 5.97 Å². The topological polar surface area (TPSA) is 88.4 Å². The van der Waals surface area contributed by atoms with E-state index in [2.05, 4.69) is 5.32 Å². The molecule has 1 aromatic rings. The zero-order valence-electron chi connectivity index (χ0n) is 8.93. The molecule has 6 nitrogen and oxygen atoms in total. The number of amides is 1. The molecule has 1 atom stereocenters. The van der Waals surface area contributed by atoms with Gasteiger partial charge in [-0.05, 0) is 13.0 Å². The predicted molar refractivity (Wildman–Crippen MR) is 56.4 cm³/mol. The molecule has 1 aromatic heterocycles. The Kier molecular flexibility index (Phi) is 3.44. The fraction of sp³-hybridized carbons (Fsp3) is 0.300. The molecule has 86 valence electrons. The van der Waals surface area contributed by atoms with Crippen LogP contribution in [-0.4, -0.2) is 28.6 Å². The second-order valence-corrected chi connectivity index (χ2v) is 3.26. The Hall–Kier alpha value is -2.11. The third kappa shape index (κ3) is 2.28. The van der Waals surface area contributed by atoms with Gasteiger partial charge < -0.3 is 15.0 Å². The molecule has 1 rings (SSSR count). The van der Waals surface area contributed by atoms with Gasteiger partial charge in [0.05, 0.1) is 5.56 Å². The number of aromatic nitrogens is 1. The quantitative estimate of drug-likeness (QED) is 0.747. The van der Waals surface area contributed by atoms with Crippen LogP contribution in [0.25, 0.3) is 0 Å². The first-order chi connectivity index (χ1) is 7.47. The van der Waals surface area contributed by atoms with Crippen LogP contribution in [0, 0.1) is 0 Å². The molecule has 0 aromatic carbocycles. The number of carbonyl (C=O) groups excluding carboxylic acids is 1. The van der Waals surface area contributed by atoms with Gasteiger partial charge in [0.2, 0.25) is 5.91 Å². The van der Waals surface area contributed by atoms with E-state index in [-0.39, 0.29) is 11.5 Å². The fourth-order valence-corrected chi connectivity index (χ4v) is 1.27. The van der Waals surface area contributed by atoms with Gasteiger partial charge in [0, 0.05) is 19.3 Å². The molecular weight excluding hydrogens is 212 g/mol. The number of carbonyl (C=O) groups is 2. The van der Waals surface area contributed by atoms with Crippen molar-refractivity contribution in [3.8, 4) is 0 Å². The summed E-state index contributed by atoms with van der Waals surface area (Å²) in [5, 5.41) is 11.2. The van der Waals surface area contributed by atoms with Crippen LogP contribution in [0.15, 0.2) is 23.1 Å². The van der Waals surface area contributed by atoms with Gasteiger partial charge in [-0.3, -0.25) is 9.59 Å². The van der Waals surface area contributed by atoms with Crippen LogP contribution in [-0.2, 0) is 4.79 Å². The second-order valence-electron chi connectivity index (χ2n) is 3.26. The van der Waals surface area contributed by atoms with Crippen LogP contribution in [0.5, 0.6) is 0 Å². The van der Waals surface area contributed by atoms with Gasteiger partial charge in [0.15, 0.2) is 0 Å². The van der Waals surface area contributed by atoms with E-state index in [0.29, 0.717) is 0 Å². The lowest BCUT2D eigenvalue weighted by Gasteiger charge is -2.13. The van der Waals surface area contributed by atoms with E-state index in [1.807, 2.05) is 0 Å². The number of hydrogen-bond donors (Lipinski definition) is 2. The van der Waals surface area contributed by atoms with Crippen molar-refractivity contribution in [3.63, 3.8) is 0 Å². The average Bonchev–Trinajstić information content (AvgIpc) is 2.27. The maximum atomic E-state index is 11.4. The first kappa shape index (κ1) is 12.0. The van der Waals surface area contributed by atoms with Gasteiger partial charge in [-0.1, -0.05) is 0 Å². The highest BCUT2D eigenvalue weighted by Crippen LogP contribution is 2.04. The van der Waals surface area contributed by atoms with Crippen molar-refractivity contribution >= 4 is 11.9 Å². The fourth-order valence-electron chi connectivity index (χ4n) is 1.27. The molecule has 0 aliphatic rings. The van der Waals surface area contributed by atoms with Gasteiger partial charge in [0.1, 0.15) is 6.04 Å². The van der Waals surface area contributed by atoms with Crippen molar-refractivity contribution < 1.29 is 14.7 Å². The molecule has 0 saturated heterocycles. The minimum atomic E-state index is -1.14. The average molecular weight is 224 g/mol. The zero-order chi connectivity index (χ0) is 12.3. The number of pyridine rings is 1. The van der Waals surface area contributed by atoms with Gasteiger partial charge in [0.25, 0.3) is 5.56 Å². The smallest absolute Gasteiger partial charge is 0.337 e. The Morgan fingerprint density at radius 2 is 2.06 bits per heavy atom. The van der Waals surface area contributed by atoms with Crippen molar-refractivity contribution in [2.24, 2.45) is 0 Å². The summed E-state index contributed by atoms with van der Waals surface area (Å²) in [6.07, 6.45) is 1.16. The number of hydrogen-bond acceptors (Lipinski definition) is 3. The van der Waals surface area contributed by atoms with Gasteiger partial charge in [-0.2, -0.15) is 0 Å². The van der Waals surface area contributed by atoms with E-state index < -0.39 is 17.6 Å². The third-order valence-electron chi connectivity index (χ3n) is 2.23. The Bertz CT molecular complexity index is 478. The summed E-state index contributed by atoms with van der Waals surface area (Å²) in [6, 6.07) is 1.59. The molecule has 0 aliphatic carbocycles. The molecule has 0 saturated carbocycles. The number of carboxylic acid groups (broad SMARTS) is 1. The van der Waals surface area contributed by atoms with Gasteiger partial charge in [-0.25, -0.2) is 4.79 Å². The summed E-state index contributed by atoms with van der Waals surface area (Å²) in [7, 11) is 1.45. The third-order valence-corrected chi connectivity index (χ3v) is 2.23. The molecular formula is C10H12N2O4. The number of nitrogens with one attached hydrogen (secondary N) is 1.